The number of para-hydroxylation sites is 1. The Balaban J connectivity index is 1.74. The molecule has 0 aliphatic heterocycles. The molecule has 0 unspecified atom stereocenters. The summed E-state index contributed by atoms with van der Waals surface area (Å²) in [6, 6.07) is 3.93. The fourth-order valence-corrected chi connectivity index (χ4v) is 3.68. The second-order valence-electron chi connectivity index (χ2n) is 5.71. The number of nitrogens with two attached hydrogens (primary N) is 1. The molecule has 0 bridgehead atoms. The Morgan fingerprint density at radius 2 is 2.17 bits per heavy atom. The molecule has 0 amide bonds. The molecule has 0 saturated carbocycles. The number of phosphoric acid groups is 1. The van der Waals surface area contributed by atoms with E-state index in [1.807, 2.05) is 0 Å². The monoisotopic (exact) mass is 439 g/mol. The summed E-state index contributed by atoms with van der Waals surface area (Å²) in [5, 5.41) is 9.04. The van der Waals surface area contributed by atoms with E-state index in [0.717, 1.165) is 22.0 Å². The van der Waals surface area contributed by atoms with Gasteiger partial charge in [-0.3, -0.25) is 9.32 Å². The normalized spacial score (nSPS) is 12.0. The minimum absolute atomic E-state index is 0.0363. The Labute approximate surface area is 164 Å². The molecule has 4 N–H and O–H groups in total. The van der Waals surface area contributed by atoms with Crippen LogP contribution >= 0.6 is 19.2 Å². The highest BCUT2D eigenvalue weighted by molar-refractivity contribution is 7.46. The zero-order valence-electron chi connectivity index (χ0n) is 14.2. The van der Waals surface area contributed by atoms with Crippen molar-refractivity contribution in [2.24, 2.45) is 0 Å². The van der Waals surface area contributed by atoms with Crippen LogP contribution in [0.25, 0.3) is 22.5 Å². The van der Waals surface area contributed by atoms with E-state index < -0.39 is 26.2 Å². The number of phosphoric ester groups is 1. The summed E-state index contributed by atoms with van der Waals surface area (Å²) in [4.78, 5) is 34.9. The van der Waals surface area contributed by atoms with Crippen molar-refractivity contribution in [3.8, 4) is 11.6 Å². The fraction of sp³-hybridized carbons (Fsp3) is 0.0667. The number of aromatic nitrogens is 4. The van der Waals surface area contributed by atoms with Crippen molar-refractivity contribution < 1.29 is 32.5 Å². The maximum Gasteiger partial charge on any atom is 0.471 e. The van der Waals surface area contributed by atoms with Crippen molar-refractivity contribution in [1.29, 1.82) is 0 Å². The summed E-state index contributed by atoms with van der Waals surface area (Å²) in [7, 11) is -4.80. The molecule has 0 radical (unpaired) electrons. The smallest absolute Gasteiger partial charge is 0.402 e. The van der Waals surface area contributed by atoms with Gasteiger partial charge < -0.3 is 24.5 Å². The van der Waals surface area contributed by atoms with E-state index >= 15 is 0 Å². The number of carbonyl (C=O) groups is 1. The number of thiazole rings is 1. The molecule has 150 valence electrons. The van der Waals surface area contributed by atoms with E-state index in [1.165, 1.54) is 23.7 Å². The van der Waals surface area contributed by atoms with Crippen molar-refractivity contribution in [3.05, 3.63) is 46.2 Å². The average molecular weight is 439 g/mol. The minimum atomic E-state index is -4.80. The topological polar surface area (TPSA) is 167 Å². The SMILES string of the molecule is Nc1nnc(-c2csc(C(=O)c3cn(COP(=O)(O)O)c4c(F)cccc34)n2)o1. The first-order valence-corrected chi connectivity index (χ1v) is 10.2. The van der Waals surface area contributed by atoms with Crippen molar-refractivity contribution in [2.45, 2.75) is 6.73 Å². The average Bonchev–Trinajstić information content (AvgIpc) is 3.37. The Morgan fingerprint density at radius 1 is 1.38 bits per heavy atom. The van der Waals surface area contributed by atoms with Gasteiger partial charge in [0.15, 0.2) is 5.01 Å². The van der Waals surface area contributed by atoms with Crippen LogP contribution in [-0.2, 0) is 15.8 Å². The van der Waals surface area contributed by atoms with E-state index in [9.17, 15) is 13.8 Å². The molecule has 3 aromatic heterocycles. The van der Waals surface area contributed by atoms with Crippen LogP contribution in [0.4, 0.5) is 10.4 Å². The third kappa shape index (κ3) is 3.81. The van der Waals surface area contributed by atoms with Crippen LogP contribution in [0, 0.1) is 5.82 Å². The highest BCUT2D eigenvalue weighted by atomic mass is 32.1. The summed E-state index contributed by atoms with van der Waals surface area (Å²) >= 11 is 1.01. The minimum Gasteiger partial charge on any atom is -0.402 e. The molecular formula is C15H11FN5O6PS. The summed E-state index contributed by atoms with van der Waals surface area (Å²) in [6.07, 6.45) is 1.25. The zero-order valence-corrected chi connectivity index (χ0v) is 15.9. The lowest BCUT2D eigenvalue weighted by molar-refractivity contribution is 0.103. The van der Waals surface area contributed by atoms with Crippen LogP contribution in [0.3, 0.4) is 0 Å². The van der Waals surface area contributed by atoms with Gasteiger partial charge in [-0.25, -0.2) is 13.9 Å². The number of ketones is 1. The summed E-state index contributed by atoms with van der Waals surface area (Å²) in [6.45, 7) is -0.653. The number of hydrogen-bond acceptors (Lipinski definition) is 9. The number of benzene rings is 1. The molecule has 0 spiro atoms. The van der Waals surface area contributed by atoms with Crippen LogP contribution < -0.4 is 5.73 Å². The van der Waals surface area contributed by atoms with Gasteiger partial charge in [-0.05, 0) is 6.07 Å². The Morgan fingerprint density at radius 3 is 2.86 bits per heavy atom. The number of nitrogens with zero attached hydrogens (tertiary/aromatic N) is 4. The number of hydrogen-bond donors (Lipinski definition) is 3. The van der Waals surface area contributed by atoms with E-state index in [4.69, 9.17) is 19.9 Å². The van der Waals surface area contributed by atoms with E-state index in [2.05, 4.69) is 19.7 Å². The number of halogens is 1. The van der Waals surface area contributed by atoms with Crippen molar-refractivity contribution in [1.82, 2.24) is 19.7 Å². The molecule has 14 heteroatoms. The van der Waals surface area contributed by atoms with Gasteiger partial charge >= 0.3 is 13.8 Å². The predicted molar refractivity (Wildman–Crippen MR) is 98.3 cm³/mol. The van der Waals surface area contributed by atoms with Gasteiger partial charge in [-0.15, -0.1) is 16.4 Å². The van der Waals surface area contributed by atoms with E-state index in [0.29, 0.717) is 0 Å². The van der Waals surface area contributed by atoms with Gasteiger partial charge in [0.05, 0.1) is 11.1 Å². The van der Waals surface area contributed by atoms with Crippen molar-refractivity contribution in [3.63, 3.8) is 0 Å². The van der Waals surface area contributed by atoms with Crippen LogP contribution in [0.5, 0.6) is 0 Å². The van der Waals surface area contributed by atoms with Gasteiger partial charge in [0.1, 0.15) is 18.2 Å². The maximum absolute atomic E-state index is 14.3. The largest absolute Gasteiger partial charge is 0.471 e. The standard InChI is InChI=1S/C15H11FN5O6PS/c16-9-3-1-2-7-8(4-21(11(7)9)6-26-28(23,24)25)12(22)14-18-10(5-29-14)13-19-20-15(17)27-13/h1-5H,6H2,(H2,17,20)(H2,23,24,25). The molecule has 11 nitrogen and oxygen atoms in total. The number of nitrogen functional groups attached to an aromatic ring is 1. The molecule has 0 atom stereocenters. The lowest BCUT2D eigenvalue weighted by atomic mass is 10.1. The second-order valence-corrected chi connectivity index (χ2v) is 7.81. The first-order valence-electron chi connectivity index (χ1n) is 7.80. The molecule has 0 aliphatic rings. The maximum atomic E-state index is 14.3. The first-order chi connectivity index (χ1) is 13.7. The van der Waals surface area contributed by atoms with Crippen LogP contribution in [0.1, 0.15) is 15.4 Å². The first kappa shape index (κ1) is 19.4. The molecular weight excluding hydrogens is 428 g/mol. The predicted octanol–water partition coefficient (Wildman–Crippen LogP) is 2.17. The summed E-state index contributed by atoms with van der Waals surface area (Å²) in [5.74, 6) is -1.17. The van der Waals surface area contributed by atoms with Crippen molar-refractivity contribution in [2.75, 3.05) is 5.73 Å². The van der Waals surface area contributed by atoms with Gasteiger partial charge in [-0.2, -0.15) is 0 Å². The molecule has 29 heavy (non-hydrogen) atoms. The van der Waals surface area contributed by atoms with Crippen LogP contribution in [0.2, 0.25) is 0 Å². The van der Waals surface area contributed by atoms with E-state index in [-0.39, 0.29) is 39.1 Å². The summed E-state index contributed by atoms with van der Waals surface area (Å²) in [5.41, 5.74) is 5.67. The van der Waals surface area contributed by atoms with E-state index in [1.54, 1.807) is 0 Å². The quantitative estimate of drug-likeness (QED) is 0.299. The van der Waals surface area contributed by atoms with Gasteiger partial charge in [-0.1, -0.05) is 17.2 Å². The number of rotatable bonds is 6. The number of carbonyl (C=O) groups excluding carboxylic acids is 1. The molecule has 0 saturated heterocycles. The Hall–Kier alpha value is -2.96. The van der Waals surface area contributed by atoms with Gasteiger partial charge in [0, 0.05) is 17.0 Å². The highest BCUT2D eigenvalue weighted by Gasteiger charge is 2.24. The summed E-state index contributed by atoms with van der Waals surface area (Å²) < 4.78 is 35.9. The molecule has 3 heterocycles. The Kier molecular flexibility index (Phi) is 4.76. The van der Waals surface area contributed by atoms with Crippen molar-refractivity contribution >= 4 is 41.9 Å². The number of anilines is 1. The highest BCUT2D eigenvalue weighted by Crippen LogP contribution is 2.37. The lowest BCUT2D eigenvalue weighted by Gasteiger charge is -2.07. The molecule has 0 fully saturated rings. The lowest BCUT2D eigenvalue weighted by Crippen LogP contribution is -2.02. The third-order valence-electron chi connectivity index (χ3n) is 3.82. The number of fused-ring (bicyclic) bond motifs is 1. The van der Waals surface area contributed by atoms with Crippen LogP contribution in [0.15, 0.2) is 34.2 Å². The van der Waals surface area contributed by atoms with Gasteiger partial charge in [0.25, 0.3) is 5.89 Å². The second kappa shape index (κ2) is 7.13. The van der Waals surface area contributed by atoms with Gasteiger partial charge in [0.2, 0.25) is 5.78 Å². The zero-order chi connectivity index (χ0) is 20.8. The molecule has 0 aliphatic carbocycles. The fourth-order valence-electron chi connectivity index (χ4n) is 2.66. The van der Waals surface area contributed by atoms with Crippen LogP contribution in [-0.4, -0.2) is 35.3 Å². The Bertz CT molecular complexity index is 1280. The molecule has 4 aromatic rings. The molecule has 4 rings (SSSR count). The third-order valence-corrected chi connectivity index (χ3v) is 5.11. The molecule has 1 aromatic carbocycles.